The maximum absolute atomic E-state index is 11.5. The van der Waals surface area contributed by atoms with E-state index in [1.807, 2.05) is 13.0 Å². The van der Waals surface area contributed by atoms with Gasteiger partial charge in [-0.05, 0) is 32.6 Å². The summed E-state index contributed by atoms with van der Waals surface area (Å²) >= 11 is 0. The predicted octanol–water partition coefficient (Wildman–Crippen LogP) is 1.56. The van der Waals surface area contributed by atoms with Crippen LogP contribution in [0.3, 0.4) is 0 Å². The third-order valence-corrected chi connectivity index (χ3v) is 3.41. The van der Waals surface area contributed by atoms with Crippen LogP contribution in [0.1, 0.15) is 45.4 Å². The first-order valence-electron chi connectivity index (χ1n) is 8.40. The molecule has 0 fully saturated rings. The molecule has 0 spiro atoms. The Morgan fingerprint density at radius 3 is 1.71 bits per heavy atom. The van der Waals surface area contributed by atoms with Gasteiger partial charge in [-0.15, -0.1) is 0 Å². The molecule has 0 aliphatic rings. The Balaban J connectivity index is 0. The lowest BCUT2D eigenvalue weighted by molar-refractivity contribution is -0.159. The second-order valence-electron chi connectivity index (χ2n) is 5.62. The van der Waals surface area contributed by atoms with Crippen LogP contribution in [-0.4, -0.2) is 61.4 Å². The van der Waals surface area contributed by atoms with Gasteiger partial charge in [-0.2, -0.15) is 0 Å². The second-order valence-corrected chi connectivity index (χ2v) is 5.62. The van der Waals surface area contributed by atoms with Crippen LogP contribution in [0.4, 0.5) is 0 Å². The third kappa shape index (κ3) is 15.4. The van der Waals surface area contributed by atoms with Crippen LogP contribution in [0.15, 0.2) is 11.6 Å². The summed E-state index contributed by atoms with van der Waals surface area (Å²) in [7, 11) is 3.85. The zero-order chi connectivity index (χ0) is 22.1. The number of rotatable bonds is 11. The van der Waals surface area contributed by atoms with Gasteiger partial charge in [0.15, 0.2) is 5.92 Å². The molecule has 0 atom stereocenters. The van der Waals surface area contributed by atoms with Crippen molar-refractivity contribution in [2.45, 2.75) is 45.4 Å². The van der Waals surface area contributed by atoms with Crippen molar-refractivity contribution in [2.24, 2.45) is 5.92 Å². The van der Waals surface area contributed by atoms with Gasteiger partial charge in [0.25, 0.3) is 0 Å². The summed E-state index contributed by atoms with van der Waals surface area (Å²) in [4.78, 5) is 52.8. The maximum atomic E-state index is 11.5. The molecule has 0 saturated carbocycles. The highest BCUT2D eigenvalue weighted by Crippen LogP contribution is 2.16. The van der Waals surface area contributed by atoms with Gasteiger partial charge in [0.1, 0.15) is 6.42 Å². The number of carboxylic acids is 2. The number of methoxy groups -OCH3 is 3. The van der Waals surface area contributed by atoms with Gasteiger partial charge >= 0.3 is 29.8 Å². The fraction of sp³-hybridized carbons (Fsp3) is 0.611. The van der Waals surface area contributed by atoms with E-state index < -0.39 is 36.2 Å². The molecule has 0 aromatic rings. The van der Waals surface area contributed by atoms with E-state index in [1.54, 1.807) is 0 Å². The molecule has 0 rings (SSSR count). The van der Waals surface area contributed by atoms with Crippen molar-refractivity contribution in [2.75, 3.05) is 21.3 Å². The SMILES string of the molecule is COC(=O)CCC/C=C(\C)CCC(C(=O)OC)C(=O)OC.O=C(O)CC(=O)O. The van der Waals surface area contributed by atoms with E-state index in [2.05, 4.69) is 14.2 Å². The van der Waals surface area contributed by atoms with Crippen LogP contribution in [0.2, 0.25) is 0 Å². The monoisotopic (exact) mass is 404 g/mol. The summed E-state index contributed by atoms with van der Waals surface area (Å²) in [5.74, 6) is -4.91. The quantitative estimate of drug-likeness (QED) is 0.170. The lowest BCUT2D eigenvalue weighted by Crippen LogP contribution is -2.26. The number of carboxylic acid groups (broad SMARTS) is 2. The average molecular weight is 404 g/mol. The van der Waals surface area contributed by atoms with Crippen molar-refractivity contribution in [3.63, 3.8) is 0 Å². The number of esters is 3. The van der Waals surface area contributed by atoms with Crippen molar-refractivity contribution in [1.82, 2.24) is 0 Å². The molecule has 0 bridgehead atoms. The molecule has 0 aromatic heterocycles. The molecule has 2 N–H and O–H groups in total. The van der Waals surface area contributed by atoms with Crippen molar-refractivity contribution in [3.8, 4) is 0 Å². The minimum Gasteiger partial charge on any atom is -0.481 e. The van der Waals surface area contributed by atoms with E-state index in [0.29, 0.717) is 25.7 Å². The first-order chi connectivity index (χ1) is 13.1. The minimum atomic E-state index is -1.31. The average Bonchev–Trinajstić information content (AvgIpc) is 2.63. The zero-order valence-electron chi connectivity index (χ0n) is 16.6. The van der Waals surface area contributed by atoms with Gasteiger partial charge < -0.3 is 24.4 Å². The van der Waals surface area contributed by atoms with Crippen molar-refractivity contribution in [1.29, 1.82) is 0 Å². The van der Waals surface area contributed by atoms with Crippen LogP contribution < -0.4 is 0 Å². The minimum absolute atomic E-state index is 0.225. The molecule has 10 heteroatoms. The van der Waals surface area contributed by atoms with E-state index in [4.69, 9.17) is 10.2 Å². The molecule has 0 saturated heterocycles. The number of hydrogen-bond acceptors (Lipinski definition) is 8. The Hall–Kier alpha value is -2.91. The number of ether oxygens (including phenoxy) is 3. The smallest absolute Gasteiger partial charge is 0.320 e. The van der Waals surface area contributed by atoms with Crippen molar-refractivity contribution >= 4 is 29.8 Å². The van der Waals surface area contributed by atoms with Crippen LogP contribution in [0, 0.1) is 5.92 Å². The molecule has 0 heterocycles. The van der Waals surface area contributed by atoms with E-state index >= 15 is 0 Å². The van der Waals surface area contributed by atoms with Gasteiger partial charge in [0.05, 0.1) is 21.3 Å². The van der Waals surface area contributed by atoms with Crippen LogP contribution >= 0.6 is 0 Å². The Labute approximate surface area is 163 Å². The lowest BCUT2D eigenvalue weighted by atomic mass is 9.99. The fourth-order valence-electron chi connectivity index (χ4n) is 1.92. The standard InChI is InChI=1S/C15H24O6.C3H4O4/c1-11(7-5-6-8-13(16)19-2)9-10-12(14(17)20-3)15(18)21-4;4-2(5)1-3(6)7/h7,12H,5-6,8-10H2,1-4H3;1H2,(H,4,5)(H,6,7)/b11-7+;. The summed E-state index contributed by atoms with van der Waals surface area (Å²) in [5, 5.41) is 15.4. The van der Waals surface area contributed by atoms with Gasteiger partial charge in [-0.1, -0.05) is 11.6 Å². The number of hydrogen-bond donors (Lipinski definition) is 2. The Kier molecular flexibility index (Phi) is 15.9. The molecule has 28 heavy (non-hydrogen) atoms. The lowest BCUT2D eigenvalue weighted by Gasteiger charge is -2.12. The van der Waals surface area contributed by atoms with E-state index in [0.717, 1.165) is 12.0 Å². The van der Waals surface area contributed by atoms with Gasteiger partial charge in [0.2, 0.25) is 0 Å². The molecule has 0 unspecified atom stereocenters. The molecular formula is C18H28O10. The third-order valence-electron chi connectivity index (χ3n) is 3.41. The zero-order valence-corrected chi connectivity index (χ0v) is 16.6. The summed E-state index contributed by atoms with van der Waals surface area (Å²) < 4.78 is 13.7. The summed E-state index contributed by atoms with van der Waals surface area (Å²) in [6, 6.07) is 0. The summed E-state index contributed by atoms with van der Waals surface area (Å²) in [6.45, 7) is 1.92. The second kappa shape index (κ2) is 16.3. The highest BCUT2D eigenvalue weighted by Gasteiger charge is 2.27. The van der Waals surface area contributed by atoms with Crippen LogP contribution in [0.5, 0.6) is 0 Å². The first-order valence-corrected chi connectivity index (χ1v) is 8.40. The van der Waals surface area contributed by atoms with E-state index in [9.17, 15) is 24.0 Å². The molecule has 0 amide bonds. The van der Waals surface area contributed by atoms with Crippen molar-refractivity contribution in [3.05, 3.63) is 11.6 Å². The van der Waals surface area contributed by atoms with Gasteiger partial charge in [0, 0.05) is 6.42 Å². The number of carbonyl (C=O) groups is 5. The normalized spacial score (nSPS) is 10.4. The maximum Gasteiger partial charge on any atom is 0.320 e. The van der Waals surface area contributed by atoms with Crippen LogP contribution in [0.25, 0.3) is 0 Å². The predicted molar refractivity (Wildman–Crippen MR) is 96.3 cm³/mol. The molecule has 0 aliphatic carbocycles. The number of aliphatic carboxylic acids is 2. The molecule has 0 aliphatic heterocycles. The highest BCUT2D eigenvalue weighted by molar-refractivity contribution is 5.94. The van der Waals surface area contributed by atoms with E-state index in [1.165, 1.54) is 21.3 Å². The Morgan fingerprint density at radius 2 is 1.36 bits per heavy atom. The Bertz CT molecular complexity index is 537. The molecule has 0 aromatic carbocycles. The van der Waals surface area contributed by atoms with Gasteiger partial charge in [-0.25, -0.2) is 0 Å². The molecule has 160 valence electrons. The topological polar surface area (TPSA) is 154 Å². The Morgan fingerprint density at radius 1 is 0.857 bits per heavy atom. The number of unbranched alkanes of at least 4 members (excludes halogenated alkanes) is 1. The van der Waals surface area contributed by atoms with Crippen LogP contribution in [-0.2, 0) is 38.2 Å². The largest absolute Gasteiger partial charge is 0.481 e. The fourth-order valence-corrected chi connectivity index (χ4v) is 1.92. The van der Waals surface area contributed by atoms with E-state index in [-0.39, 0.29) is 5.97 Å². The van der Waals surface area contributed by atoms with Crippen molar-refractivity contribution < 1.29 is 48.4 Å². The highest BCUT2D eigenvalue weighted by atomic mass is 16.5. The summed E-state index contributed by atoms with van der Waals surface area (Å²) in [5.41, 5.74) is 1.05. The molecule has 0 radical (unpaired) electrons. The number of allylic oxidation sites excluding steroid dienone is 2. The number of carbonyl (C=O) groups excluding carboxylic acids is 3. The first kappa shape index (κ1) is 27.3. The molecule has 10 nitrogen and oxygen atoms in total. The van der Waals surface area contributed by atoms with Gasteiger partial charge in [-0.3, -0.25) is 24.0 Å². The summed E-state index contributed by atoms with van der Waals surface area (Å²) in [6.07, 6.45) is 3.97. The molecular weight excluding hydrogens is 376 g/mol.